The van der Waals surface area contributed by atoms with Crippen LogP contribution in [0, 0.1) is 0 Å². The summed E-state index contributed by atoms with van der Waals surface area (Å²) in [5.41, 5.74) is 0. The Morgan fingerprint density at radius 3 is 2.38 bits per heavy atom. The van der Waals surface area contributed by atoms with E-state index >= 15 is 0 Å². The molecule has 0 bridgehead atoms. The first kappa shape index (κ1) is 9.01. The smallest absolute Gasteiger partial charge is 0.121 e. The van der Waals surface area contributed by atoms with Gasteiger partial charge in [0.15, 0.2) is 0 Å². The summed E-state index contributed by atoms with van der Waals surface area (Å²) in [4.78, 5) is 0. The van der Waals surface area contributed by atoms with Crippen molar-refractivity contribution in [3.8, 4) is 0 Å². The predicted octanol–water partition coefficient (Wildman–Crippen LogP) is 0.828. The number of hydrogen-bond donors (Lipinski definition) is 0. The topological polar surface area (TPSA) is 0 Å². The Kier molecular flexibility index (Phi) is 5.47. The van der Waals surface area contributed by atoms with Crippen LogP contribution in [0.4, 0.5) is 0 Å². The van der Waals surface area contributed by atoms with Gasteiger partial charge in [-0.2, -0.15) is 11.1 Å². The summed E-state index contributed by atoms with van der Waals surface area (Å²) in [6.45, 7) is 2.02. The highest BCUT2D eigenvalue weighted by Gasteiger charge is 2.00. The molecule has 0 aromatic heterocycles. The molecule has 0 saturated carbocycles. The molecule has 2 unspecified atom stereocenters. The van der Waals surface area contributed by atoms with E-state index in [9.17, 15) is 0 Å². The van der Waals surface area contributed by atoms with Crippen molar-refractivity contribution in [1.29, 1.82) is 0 Å². The van der Waals surface area contributed by atoms with Crippen molar-refractivity contribution >= 4 is 40.1 Å². The van der Waals surface area contributed by atoms with E-state index in [0.29, 0.717) is 5.38 Å². The minimum atomic E-state index is -0.700. The Bertz CT molecular complexity index is 48.0. The Morgan fingerprint density at radius 2 is 2.25 bits per heavy atom. The van der Waals surface area contributed by atoms with E-state index in [1.165, 1.54) is 15.8 Å². The first-order valence-corrected chi connectivity index (χ1v) is 10.5. The molecule has 0 aromatic carbocycles. The summed E-state index contributed by atoms with van der Waals surface area (Å²) in [7, 11) is 0.520. The van der Waals surface area contributed by atoms with Gasteiger partial charge in [-0.3, -0.25) is 0 Å². The standard InChI is InChI=1S/C4H12Cl2Si2/c1-4(5)2-3-8(6)7/h4,8H,2-3H2,1,7H3. The SMILES string of the molecule is CC(Cl)CC[SiH]([SiH3])Cl. The summed E-state index contributed by atoms with van der Waals surface area (Å²) in [5.74, 6) is 0. The van der Waals surface area contributed by atoms with Gasteiger partial charge in [0.25, 0.3) is 0 Å². The van der Waals surface area contributed by atoms with Crippen LogP contribution in [0.1, 0.15) is 13.3 Å². The van der Waals surface area contributed by atoms with Crippen molar-refractivity contribution in [3.05, 3.63) is 0 Å². The number of alkyl halides is 1. The average molecular weight is 187 g/mol. The third-order valence-corrected chi connectivity index (χ3v) is 4.70. The molecular formula is C4H12Cl2Si2. The normalized spacial score (nSPS) is 18.4. The molecule has 50 valence electrons. The lowest BCUT2D eigenvalue weighted by atomic mass is 10.4. The van der Waals surface area contributed by atoms with Crippen LogP contribution in [-0.4, -0.2) is 22.8 Å². The van der Waals surface area contributed by atoms with Gasteiger partial charge in [-0.15, -0.1) is 11.6 Å². The van der Waals surface area contributed by atoms with Crippen LogP contribution < -0.4 is 0 Å². The minimum absolute atomic E-state index is 0.331. The highest BCUT2D eigenvalue weighted by molar-refractivity contribution is 7.31. The zero-order valence-electron chi connectivity index (χ0n) is 5.32. The van der Waals surface area contributed by atoms with Crippen molar-refractivity contribution < 1.29 is 0 Å². The van der Waals surface area contributed by atoms with Crippen LogP contribution in [0.2, 0.25) is 6.04 Å². The quantitative estimate of drug-likeness (QED) is 0.349. The molecule has 0 fully saturated rings. The Labute approximate surface area is 65.1 Å². The molecule has 8 heavy (non-hydrogen) atoms. The van der Waals surface area contributed by atoms with Crippen LogP contribution in [0.25, 0.3) is 0 Å². The predicted molar refractivity (Wildman–Crippen MR) is 47.7 cm³/mol. The fourth-order valence-electron chi connectivity index (χ4n) is 0.459. The van der Waals surface area contributed by atoms with Crippen LogP contribution in [0.15, 0.2) is 0 Å². The molecule has 0 spiro atoms. The summed E-state index contributed by atoms with van der Waals surface area (Å²) in [6, 6.07) is 1.22. The maximum Gasteiger partial charge on any atom is 0.121 e. The summed E-state index contributed by atoms with van der Waals surface area (Å²) in [5, 5.41) is 0.331. The molecule has 0 amide bonds. The van der Waals surface area contributed by atoms with Gasteiger partial charge in [-0.1, -0.05) is 0 Å². The fourth-order valence-corrected chi connectivity index (χ4v) is 3.13. The molecule has 0 rings (SSSR count). The molecule has 2 atom stereocenters. The largest absolute Gasteiger partial charge is 0.176 e. The summed E-state index contributed by atoms with van der Waals surface area (Å²) < 4.78 is 0. The highest BCUT2D eigenvalue weighted by atomic mass is 35.6. The molecule has 4 heteroatoms. The van der Waals surface area contributed by atoms with E-state index in [4.69, 9.17) is 22.7 Å². The number of halogens is 2. The van der Waals surface area contributed by atoms with Crippen LogP contribution in [0.3, 0.4) is 0 Å². The van der Waals surface area contributed by atoms with E-state index in [2.05, 4.69) is 0 Å². The first-order chi connectivity index (χ1) is 3.63. The highest BCUT2D eigenvalue weighted by Crippen LogP contribution is 2.06. The van der Waals surface area contributed by atoms with Gasteiger partial charge in [0.1, 0.15) is 7.62 Å². The number of hydrogen-bond acceptors (Lipinski definition) is 0. The second kappa shape index (κ2) is 4.85. The van der Waals surface area contributed by atoms with Crippen LogP contribution in [0.5, 0.6) is 0 Å². The molecule has 0 N–H and O–H groups in total. The van der Waals surface area contributed by atoms with Gasteiger partial charge in [0.2, 0.25) is 0 Å². The van der Waals surface area contributed by atoms with Gasteiger partial charge < -0.3 is 0 Å². The van der Waals surface area contributed by atoms with Gasteiger partial charge >= 0.3 is 0 Å². The van der Waals surface area contributed by atoms with Crippen molar-refractivity contribution in [2.75, 3.05) is 0 Å². The minimum Gasteiger partial charge on any atom is -0.176 e. The fraction of sp³-hybridized carbons (Fsp3) is 1.00. The van der Waals surface area contributed by atoms with E-state index in [1.54, 1.807) is 0 Å². The molecule has 0 aliphatic rings. The molecule has 0 aliphatic heterocycles. The Hall–Kier alpha value is 1.01. The first-order valence-electron chi connectivity index (χ1n) is 2.91. The lowest BCUT2D eigenvalue weighted by Crippen LogP contribution is -2.04. The van der Waals surface area contributed by atoms with Gasteiger partial charge in [0.05, 0.1) is 0 Å². The van der Waals surface area contributed by atoms with Gasteiger partial charge in [-0.25, -0.2) is 0 Å². The van der Waals surface area contributed by atoms with E-state index in [1.807, 2.05) is 6.92 Å². The molecule has 0 nitrogen and oxygen atoms in total. The average Bonchev–Trinajstić information content (AvgIpc) is 1.61. The van der Waals surface area contributed by atoms with Gasteiger partial charge in [-0.05, 0) is 19.4 Å². The monoisotopic (exact) mass is 186 g/mol. The maximum atomic E-state index is 5.86. The second-order valence-electron chi connectivity index (χ2n) is 2.14. The van der Waals surface area contributed by atoms with E-state index < -0.39 is 7.62 Å². The zero-order valence-corrected chi connectivity index (χ0v) is 9.99. The van der Waals surface area contributed by atoms with E-state index in [0.717, 1.165) is 6.42 Å². The molecule has 0 saturated heterocycles. The third kappa shape index (κ3) is 7.01. The molecule has 0 radical (unpaired) electrons. The molecule has 0 heterocycles. The summed E-state index contributed by atoms with van der Waals surface area (Å²) in [6.07, 6.45) is 1.12. The molecule has 0 aromatic rings. The van der Waals surface area contributed by atoms with Crippen molar-refractivity contribution in [2.45, 2.75) is 24.8 Å². The lowest BCUT2D eigenvalue weighted by Gasteiger charge is -2.01. The van der Waals surface area contributed by atoms with Gasteiger partial charge in [0, 0.05) is 15.1 Å². The lowest BCUT2D eigenvalue weighted by molar-refractivity contribution is 0.890. The molecular weight excluding hydrogens is 175 g/mol. The van der Waals surface area contributed by atoms with Crippen molar-refractivity contribution in [1.82, 2.24) is 0 Å². The summed E-state index contributed by atoms with van der Waals surface area (Å²) >= 11 is 11.6. The zero-order chi connectivity index (χ0) is 6.57. The Morgan fingerprint density at radius 1 is 1.75 bits per heavy atom. The Balaban J connectivity index is 2.93. The van der Waals surface area contributed by atoms with Crippen LogP contribution in [-0.2, 0) is 0 Å². The molecule has 0 aliphatic carbocycles. The van der Waals surface area contributed by atoms with Crippen molar-refractivity contribution in [2.24, 2.45) is 0 Å². The third-order valence-electron chi connectivity index (χ3n) is 0.962. The van der Waals surface area contributed by atoms with Crippen LogP contribution >= 0.6 is 22.7 Å². The van der Waals surface area contributed by atoms with E-state index in [-0.39, 0.29) is 0 Å². The van der Waals surface area contributed by atoms with Crippen molar-refractivity contribution in [3.63, 3.8) is 0 Å². The second-order valence-corrected chi connectivity index (χ2v) is 13.6. The number of rotatable bonds is 3. The maximum absolute atomic E-state index is 5.86.